The van der Waals surface area contributed by atoms with E-state index in [2.05, 4.69) is 34.9 Å². The first-order valence-electron chi connectivity index (χ1n) is 6.44. The van der Waals surface area contributed by atoms with Crippen molar-refractivity contribution in [1.29, 1.82) is 5.26 Å². The zero-order valence-corrected chi connectivity index (χ0v) is 12.4. The minimum atomic E-state index is 0.0920. The van der Waals surface area contributed by atoms with Gasteiger partial charge >= 0.3 is 0 Å². The van der Waals surface area contributed by atoms with Crippen LogP contribution in [0.15, 0.2) is 6.33 Å². The fourth-order valence-electron chi connectivity index (χ4n) is 2.03. The van der Waals surface area contributed by atoms with Crippen LogP contribution in [0, 0.1) is 16.7 Å². The van der Waals surface area contributed by atoms with Gasteiger partial charge in [0.05, 0.1) is 12.4 Å². The summed E-state index contributed by atoms with van der Waals surface area (Å²) in [4.78, 5) is 12.3. The second kappa shape index (κ2) is 5.63. The second-order valence-corrected chi connectivity index (χ2v) is 5.91. The third-order valence-electron chi connectivity index (χ3n) is 3.38. The predicted octanol–water partition coefficient (Wildman–Crippen LogP) is 2.78. The number of nitrogens with zero attached hydrogens (tertiary/aromatic N) is 5. The molecular weight excluding hydrogens is 276 g/mol. The third kappa shape index (κ3) is 3.17. The van der Waals surface area contributed by atoms with Gasteiger partial charge in [0.1, 0.15) is 5.52 Å². The van der Waals surface area contributed by atoms with Gasteiger partial charge in [-0.05, 0) is 18.3 Å². The number of nitriles is 1. The van der Waals surface area contributed by atoms with E-state index in [1.165, 1.54) is 0 Å². The average Bonchev–Trinajstić information content (AvgIpc) is 2.77. The maximum Gasteiger partial charge on any atom is 0.223 e. The zero-order valence-electron chi connectivity index (χ0n) is 11.6. The van der Waals surface area contributed by atoms with Crippen molar-refractivity contribution < 1.29 is 0 Å². The first kappa shape index (κ1) is 14.5. The van der Waals surface area contributed by atoms with Crippen molar-refractivity contribution in [1.82, 2.24) is 19.5 Å². The van der Waals surface area contributed by atoms with Gasteiger partial charge < -0.3 is 10.3 Å². The Balaban J connectivity index is 2.17. The molecule has 2 heterocycles. The van der Waals surface area contributed by atoms with Crippen molar-refractivity contribution in [2.75, 3.05) is 5.73 Å². The molecule has 0 amide bonds. The summed E-state index contributed by atoms with van der Waals surface area (Å²) in [6.45, 7) is 5.06. The Hall–Kier alpha value is -1.87. The molecule has 0 saturated heterocycles. The van der Waals surface area contributed by atoms with E-state index in [9.17, 15) is 0 Å². The number of anilines is 1. The van der Waals surface area contributed by atoms with Crippen molar-refractivity contribution in [2.45, 2.75) is 39.7 Å². The molecule has 0 unspecified atom stereocenters. The number of hydrogen-bond donors (Lipinski definition) is 1. The smallest absolute Gasteiger partial charge is 0.223 e. The van der Waals surface area contributed by atoms with Gasteiger partial charge in [-0.25, -0.2) is 4.98 Å². The van der Waals surface area contributed by atoms with E-state index in [1.54, 1.807) is 6.33 Å². The van der Waals surface area contributed by atoms with Crippen LogP contribution in [0.4, 0.5) is 5.95 Å². The summed E-state index contributed by atoms with van der Waals surface area (Å²) in [5.74, 6) is 0.146. The van der Waals surface area contributed by atoms with Gasteiger partial charge in [0.25, 0.3) is 0 Å². The third-order valence-corrected chi connectivity index (χ3v) is 3.65. The predicted molar refractivity (Wildman–Crippen MR) is 78.0 cm³/mol. The fourth-order valence-corrected chi connectivity index (χ4v) is 2.25. The van der Waals surface area contributed by atoms with E-state index in [0.717, 1.165) is 19.4 Å². The molecule has 0 saturated carbocycles. The van der Waals surface area contributed by atoms with Crippen LogP contribution < -0.4 is 5.73 Å². The summed E-state index contributed by atoms with van der Waals surface area (Å²) in [6.07, 6.45) is 4.05. The Morgan fingerprint density at radius 2 is 2.15 bits per heavy atom. The molecule has 2 N–H and O–H groups in total. The van der Waals surface area contributed by atoms with E-state index >= 15 is 0 Å². The first-order valence-corrected chi connectivity index (χ1v) is 6.81. The lowest BCUT2D eigenvalue weighted by molar-refractivity contribution is 0.293. The van der Waals surface area contributed by atoms with Crippen LogP contribution in [0.3, 0.4) is 0 Å². The number of nitrogen functional groups attached to an aromatic ring is 1. The highest BCUT2D eigenvalue weighted by molar-refractivity contribution is 6.33. The van der Waals surface area contributed by atoms with Gasteiger partial charge in [0.15, 0.2) is 10.8 Å². The number of aromatic nitrogens is 4. The van der Waals surface area contributed by atoms with E-state index in [0.29, 0.717) is 17.6 Å². The fraction of sp³-hybridized carbons (Fsp3) is 0.538. The van der Waals surface area contributed by atoms with E-state index in [4.69, 9.17) is 22.6 Å². The van der Waals surface area contributed by atoms with Crippen molar-refractivity contribution in [2.24, 2.45) is 5.41 Å². The van der Waals surface area contributed by atoms with E-state index < -0.39 is 0 Å². The molecular formula is C13H17ClN6. The van der Waals surface area contributed by atoms with Crippen molar-refractivity contribution in [3.8, 4) is 6.07 Å². The maximum atomic E-state index is 8.67. The van der Waals surface area contributed by atoms with Crippen LogP contribution in [0.2, 0.25) is 5.15 Å². The van der Waals surface area contributed by atoms with Gasteiger partial charge in [-0.3, -0.25) is 0 Å². The number of hydrogen-bond acceptors (Lipinski definition) is 5. The molecule has 0 aliphatic heterocycles. The standard InChI is InChI=1S/C13H17ClN6/c1-13(2,4-3-6-15)5-7-20-8-17-9-10(14)18-12(16)19-11(9)20/h8H,3-5,7H2,1-2H3,(H2,16,18,19). The lowest BCUT2D eigenvalue weighted by Gasteiger charge is -2.23. The molecule has 6 nitrogen and oxygen atoms in total. The molecule has 2 aromatic heterocycles. The minimum Gasteiger partial charge on any atom is -0.368 e. The van der Waals surface area contributed by atoms with Gasteiger partial charge in [0, 0.05) is 13.0 Å². The Kier molecular flexibility index (Phi) is 4.09. The van der Waals surface area contributed by atoms with E-state index in [1.807, 2.05) is 4.57 Å². The van der Waals surface area contributed by atoms with Crippen LogP contribution >= 0.6 is 11.6 Å². The summed E-state index contributed by atoms with van der Waals surface area (Å²) in [7, 11) is 0. The van der Waals surface area contributed by atoms with Crippen LogP contribution in [-0.4, -0.2) is 19.5 Å². The van der Waals surface area contributed by atoms with Crippen molar-refractivity contribution >= 4 is 28.7 Å². The highest BCUT2D eigenvalue weighted by Crippen LogP contribution is 2.28. The van der Waals surface area contributed by atoms with Gasteiger partial charge in [0.2, 0.25) is 5.95 Å². The number of rotatable bonds is 5. The molecule has 0 radical (unpaired) electrons. The van der Waals surface area contributed by atoms with Crippen molar-refractivity contribution in [3.63, 3.8) is 0 Å². The molecule has 0 fully saturated rings. The lowest BCUT2D eigenvalue weighted by Crippen LogP contribution is -2.14. The molecule has 20 heavy (non-hydrogen) atoms. The Bertz CT molecular complexity index is 655. The number of imidazole rings is 1. The molecule has 0 aliphatic carbocycles. The first-order chi connectivity index (χ1) is 9.43. The molecule has 0 spiro atoms. The van der Waals surface area contributed by atoms with Crippen LogP contribution in [0.25, 0.3) is 11.2 Å². The molecule has 0 aromatic carbocycles. The molecule has 0 atom stereocenters. The molecule has 106 valence electrons. The topological polar surface area (TPSA) is 93.4 Å². The van der Waals surface area contributed by atoms with Crippen LogP contribution in [0.1, 0.15) is 33.1 Å². The monoisotopic (exact) mass is 292 g/mol. The summed E-state index contributed by atoms with van der Waals surface area (Å²) >= 11 is 5.99. The van der Waals surface area contributed by atoms with Crippen LogP contribution in [0.5, 0.6) is 0 Å². The minimum absolute atomic E-state index is 0.0920. The molecule has 0 aliphatic rings. The van der Waals surface area contributed by atoms with Gasteiger partial charge in [-0.1, -0.05) is 25.4 Å². The van der Waals surface area contributed by atoms with E-state index in [-0.39, 0.29) is 16.5 Å². The number of aryl methyl sites for hydroxylation is 1. The second-order valence-electron chi connectivity index (χ2n) is 5.56. The Labute approximate surface area is 122 Å². The Morgan fingerprint density at radius 3 is 2.85 bits per heavy atom. The molecule has 0 bridgehead atoms. The largest absolute Gasteiger partial charge is 0.368 e. The molecule has 7 heteroatoms. The molecule has 2 aromatic rings. The SMILES string of the molecule is CC(C)(CCC#N)CCn1cnc2c(Cl)nc(N)nc21. The number of nitrogens with two attached hydrogens (primary N) is 1. The maximum absolute atomic E-state index is 8.67. The van der Waals surface area contributed by atoms with Crippen molar-refractivity contribution in [3.05, 3.63) is 11.5 Å². The van der Waals surface area contributed by atoms with Gasteiger partial charge in [-0.15, -0.1) is 0 Å². The normalized spacial score (nSPS) is 11.7. The summed E-state index contributed by atoms with van der Waals surface area (Å²) in [6, 6.07) is 2.19. The number of halogens is 1. The zero-order chi connectivity index (χ0) is 14.8. The Morgan fingerprint density at radius 1 is 1.40 bits per heavy atom. The highest BCUT2D eigenvalue weighted by atomic mass is 35.5. The van der Waals surface area contributed by atoms with Crippen LogP contribution in [-0.2, 0) is 6.54 Å². The average molecular weight is 293 g/mol. The number of fused-ring (bicyclic) bond motifs is 1. The summed E-state index contributed by atoms with van der Waals surface area (Å²) in [5, 5.41) is 8.95. The molecule has 2 rings (SSSR count). The lowest BCUT2D eigenvalue weighted by atomic mass is 9.84. The summed E-state index contributed by atoms with van der Waals surface area (Å²) in [5.41, 5.74) is 6.93. The van der Waals surface area contributed by atoms with Gasteiger partial charge in [-0.2, -0.15) is 15.2 Å². The summed E-state index contributed by atoms with van der Waals surface area (Å²) < 4.78 is 1.92. The highest BCUT2D eigenvalue weighted by Gasteiger charge is 2.18. The quantitative estimate of drug-likeness (QED) is 0.855.